The molecule has 2 unspecified atom stereocenters. The van der Waals surface area contributed by atoms with E-state index < -0.39 is 11.7 Å². The van der Waals surface area contributed by atoms with Crippen LogP contribution >= 0.6 is 0 Å². The van der Waals surface area contributed by atoms with Crippen molar-refractivity contribution < 1.29 is 4.92 Å². The summed E-state index contributed by atoms with van der Waals surface area (Å²) in [7, 11) is 0. The predicted octanol–water partition coefficient (Wildman–Crippen LogP) is 0.727. The van der Waals surface area contributed by atoms with Crippen molar-refractivity contribution in [1.82, 2.24) is 0 Å². The first-order valence-corrected chi connectivity index (χ1v) is 4.76. The Morgan fingerprint density at radius 3 is 2.86 bits per heavy atom. The zero-order valence-electron chi connectivity index (χ0n) is 7.80. The minimum absolute atomic E-state index is 0.289. The summed E-state index contributed by atoms with van der Waals surface area (Å²) in [5.74, 6) is 0.462. The first kappa shape index (κ1) is 9.33. The lowest BCUT2D eigenvalue weighted by Gasteiger charge is -2.27. The molecule has 1 aliphatic carbocycles. The molecular formula is C9H13N3O2. The van der Waals surface area contributed by atoms with Crippen LogP contribution < -0.4 is 5.73 Å². The standard InChI is InChI=1S/C9H13N3O2/c10-8-9(12(13)14,4-1-5-11-8)6-7-2-3-7/h1,4-5,7-8H,2-3,6,10H2. The molecule has 5 heteroatoms. The molecule has 2 aliphatic rings. The lowest BCUT2D eigenvalue weighted by Crippen LogP contribution is -2.53. The number of hydrogen-bond acceptors (Lipinski definition) is 4. The van der Waals surface area contributed by atoms with Crippen molar-refractivity contribution in [3.8, 4) is 0 Å². The lowest BCUT2D eigenvalue weighted by atomic mass is 9.88. The molecular weight excluding hydrogens is 182 g/mol. The van der Waals surface area contributed by atoms with E-state index in [0.717, 1.165) is 12.8 Å². The second kappa shape index (κ2) is 3.16. The van der Waals surface area contributed by atoms with Crippen LogP contribution in [0.5, 0.6) is 0 Å². The molecule has 0 spiro atoms. The van der Waals surface area contributed by atoms with Gasteiger partial charge in [0.2, 0.25) is 0 Å². The first-order valence-electron chi connectivity index (χ1n) is 4.76. The number of nitrogens with zero attached hydrogens (tertiary/aromatic N) is 2. The third-order valence-corrected chi connectivity index (χ3v) is 2.88. The summed E-state index contributed by atoms with van der Waals surface area (Å²) in [6.45, 7) is 0. The second-order valence-electron chi connectivity index (χ2n) is 4.00. The SMILES string of the molecule is NC1N=CC=CC1(CC1CC1)[N+](=O)[O-]. The molecule has 2 N–H and O–H groups in total. The van der Waals surface area contributed by atoms with E-state index in [1.807, 2.05) is 0 Å². The number of rotatable bonds is 3. The summed E-state index contributed by atoms with van der Waals surface area (Å²) in [6.07, 6.45) is 6.69. The quantitative estimate of drug-likeness (QED) is 0.532. The molecule has 0 radical (unpaired) electrons. The maximum Gasteiger partial charge on any atom is 0.275 e. The number of allylic oxidation sites excluding steroid dienone is 1. The van der Waals surface area contributed by atoms with Gasteiger partial charge in [-0.2, -0.15) is 0 Å². The normalized spacial score (nSPS) is 35.9. The summed E-state index contributed by atoms with van der Waals surface area (Å²) >= 11 is 0. The van der Waals surface area contributed by atoms with E-state index in [1.54, 1.807) is 12.2 Å². The van der Waals surface area contributed by atoms with Crippen LogP contribution in [0.3, 0.4) is 0 Å². The van der Waals surface area contributed by atoms with Gasteiger partial charge in [-0.15, -0.1) is 0 Å². The van der Waals surface area contributed by atoms with Gasteiger partial charge in [-0.1, -0.05) is 0 Å². The van der Waals surface area contributed by atoms with Crippen LogP contribution in [0, 0.1) is 16.0 Å². The van der Waals surface area contributed by atoms with Crippen molar-refractivity contribution in [2.75, 3.05) is 0 Å². The minimum atomic E-state index is -1.16. The third kappa shape index (κ3) is 1.43. The fourth-order valence-electron chi connectivity index (χ4n) is 1.80. The predicted molar refractivity (Wildman–Crippen MR) is 52.7 cm³/mol. The van der Waals surface area contributed by atoms with Gasteiger partial charge < -0.3 is 5.73 Å². The van der Waals surface area contributed by atoms with Gasteiger partial charge in [-0.25, -0.2) is 0 Å². The number of hydrogen-bond donors (Lipinski definition) is 1. The molecule has 2 atom stereocenters. The van der Waals surface area contributed by atoms with Gasteiger partial charge in [0.1, 0.15) is 0 Å². The maximum absolute atomic E-state index is 11.1. The van der Waals surface area contributed by atoms with E-state index in [0.29, 0.717) is 12.3 Å². The van der Waals surface area contributed by atoms with Crippen molar-refractivity contribution in [3.63, 3.8) is 0 Å². The Labute approximate surface area is 81.8 Å². The van der Waals surface area contributed by atoms with E-state index in [2.05, 4.69) is 4.99 Å². The zero-order valence-corrected chi connectivity index (χ0v) is 7.80. The topological polar surface area (TPSA) is 81.5 Å². The van der Waals surface area contributed by atoms with E-state index in [-0.39, 0.29) is 4.92 Å². The van der Waals surface area contributed by atoms with Crippen molar-refractivity contribution >= 4 is 6.21 Å². The van der Waals surface area contributed by atoms with E-state index in [1.165, 1.54) is 6.21 Å². The largest absolute Gasteiger partial charge is 0.303 e. The van der Waals surface area contributed by atoms with Crippen LogP contribution in [0.15, 0.2) is 17.1 Å². The van der Waals surface area contributed by atoms with Gasteiger partial charge in [0, 0.05) is 17.6 Å². The molecule has 2 rings (SSSR count). The number of nitro groups is 1. The molecule has 1 aliphatic heterocycles. The molecule has 14 heavy (non-hydrogen) atoms. The van der Waals surface area contributed by atoms with E-state index in [4.69, 9.17) is 5.73 Å². The molecule has 5 nitrogen and oxygen atoms in total. The van der Waals surface area contributed by atoms with Crippen molar-refractivity contribution in [2.45, 2.75) is 31.0 Å². The van der Waals surface area contributed by atoms with Gasteiger partial charge in [-0.3, -0.25) is 15.1 Å². The Hall–Kier alpha value is -1.23. The van der Waals surface area contributed by atoms with E-state index in [9.17, 15) is 10.1 Å². The van der Waals surface area contributed by atoms with Gasteiger partial charge in [-0.05, 0) is 30.9 Å². The second-order valence-corrected chi connectivity index (χ2v) is 4.00. The maximum atomic E-state index is 11.1. The fourth-order valence-corrected chi connectivity index (χ4v) is 1.80. The lowest BCUT2D eigenvalue weighted by molar-refractivity contribution is -0.560. The van der Waals surface area contributed by atoms with Crippen LogP contribution in [0.1, 0.15) is 19.3 Å². The monoisotopic (exact) mass is 195 g/mol. The molecule has 0 amide bonds. The third-order valence-electron chi connectivity index (χ3n) is 2.88. The van der Waals surface area contributed by atoms with Crippen LogP contribution in [0.2, 0.25) is 0 Å². The van der Waals surface area contributed by atoms with Crippen LogP contribution in [-0.4, -0.2) is 22.8 Å². The molecule has 0 bridgehead atoms. The van der Waals surface area contributed by atoms with Crippen molar-refractivity contribution in [1.29, 1.82) is 0 Å². The van der Waals surface area contributed by atoms with Gasteiger partial charge in [0.15, 0.2) is 6.17 Å². The molecule has 1 heterocycles. The molecule has 0 aromatic heterocycles. The number of aliphatic imine (C=N–C) groups is 1. The summed E-state index contributed by atoms with van der Waals surface area (Å²) in [6, 6.07) is 0. The molecule has 1 saturated carbocycles. The van der Waals surface area contributed by atoms with Crippen molar-refractivity contribution in [3.05, 3.63) is 22.3 Å². The van der Waals surface area contributed by atoms with Gasteiger partial charge >= 0.3 is 0 Å². The highest BCUT2D eigenvalue weighted by molar-refractivity contribution is 5.73. The Kier molecular flexibility index (Phi) is 2.11. The summed E-state index contributed by atoms with van der Waals surface area (Å²) < 4.78 is 0. The molecule has 0 aromatic rings. The molecule has 1 fully saturated rings. The summed E-state index contributed by atoms with van der Waals surface area (Å²) in [5, 5.41) is 11.1. The van der Waals surface area contributed by atoms with Crippen LogP contribution in [0.4, 0.5) is 0 Å². The molecule has 0 saturated heterocycles. The fraction of sp³-hybridized carbons (Fsp3) is 0.667. The Morgan fingerprint density at radius 1 is 1.64 bits per heavy atom. The van der Waals surface area contributed by atoms with Crippen LogP contribution in [0.25, 0.3) is 0 Å². The highest BCUT2D eigenvalue weighted by atomic mass is 16.6. The summed E-state index contributed by atoms with van der Waals surface area (Å²) in [5.41, 5.74) is 4.54. The average molecular weight is 195 g/mol. The van der Waals surface area contributed by atoms with Gasteiger partial charge in [0.25, 0.3) is 5.54 Å². The van der Waals surface area contributed by atoms with E-state index >= 15 is 0 Å². The summed E-state index contributed by atoms with van der Waals surface area (Å²) in [4.78, 5) is 14.7. The average Bonchev–Trinajstić information content (AvgIpc) is 2.92. The smallest absolute Gasteiger partial charge is 0.275 e. The van der Waals surface area contributed by atoms with Crippen LogP contribution in [-0.2, 0) is 0 Å². The van der Waals surface area contributed by atoms with Gasteiger partial charge in [0.05, 0.1) is 0 Å². The highest BCUT2D eigenvalue weighted by Crippen LogP contribution is 2.40. The first-order chi connectivity index (χ1) is 6.65. The highest BCUT2D eigenvalue weighted by Gasteiger charge is 2.50. The number of dihydropyridines is 1. The molecule has 76 valence electrons. The Balaban J connectivity index is 2.23. The number of nitrogens with two attached hydrogens (primary N) is 1. The molecule has 0 aromatic carbocycles. The Bertz CT molecular complexity index is 309. The van der Waals surface area contributed by atoms with Crippen molar-refractivity contribution in [2.24, 2.45) is 16.6 Å². The zero-order chi connectivity index (χ0) is 10.2. The Morgan fingerprint density at radius 2 is 2.36 bits per heavy atom. The minimum Gasteiger partial charge on any atom is -0.303 e.